The fourth-order valence-electron chi connectivity index (χ4n) is 4.16. The lowest BCUT2D eigenvalue weighted by Crippen LogP contribution is -2.36. The van der Waals surface area contributed by atoms with Crippen molar-refractivity contribution in [2.45, 2.75) is 39.2 Å². The zero-order valence-electron chi connectivity index (χ0n) is 17.9. The van der Waals surface area contributed by atoms with Gasteiger partial charge in [0.2, 0.25) is 5.91 Å². The summed E-state index contributed by atoms with van der Waals surface area (Å²) in [5.74, 6) is 0.820. The van der Waals surface area contributed by atoms with Gasteiger partial charge in [-0.25, -0.2) is 0 Å². The predicted octanol–water partition coefficient (Wildman–Crippen LogP) is 3.78. The molecule has 1 aliphatic heterocycles. The monoisotopic (exact) mass is 417 g/mol. The average molecular weight is 418 g/mol. The van der Waals surface area contributed by atoms with E-state index in [-0.39, 0.29) is 17.7 Å². The molecule has 1 aromatic heterocycles. The van der Waals surface area contributed by atoms with E-state index in [1.807, 2.05) is 73.3 Å². The van der Waals surface area contributed by atoms with E-state index in [2.05, 4.69) is 10.5 Å². The van der Waals surface area contributed by atoms with E-state index in [0.717, 1.165) is 33.7 Å². The van der Waals surface area contributed by atoms with Crippen LogP contribution in [0.1, 0.15) is 50.8 Å². The fourth-order valence-corrected chi connectivity index (χ4v) is 4.16. The molecule has 0 spiro atoms. The average Bonchev–Trinajstić information content (AvgIpc) is 3.28. The second-order valence-electron chi connectivity index (χ2n) is 8.06. The van der Waals surface area contributed by atoms with E-state index >= 15 is 0 Å². The minimum atomic E-state index is -0.0167. The van der Waals surface area contributed by atoms with Crippen LogP contribution in [0.3, 0.4) is 0 Å². The quantitative estimate of drug-likeness (QED) is 0.605. The van der Waals surface area contributed by atoms with Crippen molar-refractivity contribution in [2.24, 2.45) is 0 Å². The van der Waals surface area contributed by atoms with Crippen LogP contribution >= 0.6 is 0 Å². The van der Waals surface area contributed by atoms with Gasteiger partial charge < -0.3 is 14.7 Å². The van der Waals surface area contributed by atoms with Gasteiger partial charge >= 0.3 is 0 Å². The van der Waals surface area contributed by atoms with Crippen molar-refractivity contribution in [1.82, 2.24) is 15.4 Å². The van der Waals surface area contributed by atoms with Gasteiger partial charge in [0.25, 0.3) is 5.91 Å². The molecule has 3 aromatic rings. The summed E-state index contributed by atoms with van der Waals surface area (Å²) in [6.07, 6.45) is 0.974. The first-order valence-corrected chi connectivity index (χ1v) is 10.6. The molecule has 0 bridgehead atoms. The number of carbonyl (C=O) groups is 2. The summed E-state index contributed by atoms with van der Waals surface area (Å²) in [5.41, 5.74) is 4.77. The van der Waals surface area contributed by atoms with Gasteiger partial charge in [0.15, 0.2) is 0 Å². The van der Waals surface area contributed by atoms with Crippen LogP contribution < -0.4 is 5.32 Å². The van der Waals surface area contributed by atoms with E-state index in [1.165, 1.54) is 0 Å². The summed E-state index contributed by atoms with van der Waals surface area (Å²) >= 11 is 0. The largest absolute Gasteiger partial charge is 0.361 e. The number of aromatic nitrogens is 1. The molecule has 4 rings (SSSR count). The molecule has 2 aromatic carbocycles. The maximum absolute atomic E-state index is 12.8. The van der Waals surface area contributed by atoms with Crippen LogP contribution in [0, 0.1) is 13.8 Å². The standard InChI is InChI=1S/C25H27N3O3/c1-17-22(18(2)31-27-17)12-13-24(29)26-14-21(19-8-4-3-5-9-19)16-28-15-20-10-6-7-11-23(20)25(28)30/h3-11,21H,12-16H2,1-2H3,(H,26,29)/t21-/m0/s1. The number of rotatable bonds is 8. The zero-order valence-corrected chi connectivity index (χ0v) is 17.9. The number of nitrogens with one attached hydrogen (secondary N) is 1. The molecule has 0 fully saturated rings. The van der Waals surface area contributed by atoms with Crippen molar-refractivity contribution in [3.8, 4) is 0 Å². The van der Waals surface area contributed by atoms with E-state index in [9.17, 15) is 9.59 Å². The lowest BCUT2D eigenvalue weighted by molar-refractivity contribution is -0.121. The van der Waals surface area contributed by atoms with Crippen molar-refractivity contribution in [3.05, 3.63) is 88.3 Å². The van der Waals surface area contributed by atoms with Gasteiger partial charge in [-0.3, -0.25) is 9.59 Å². The third-order valence-corrected chi connectivity index (χ3v) is 5.94. The Bertz CT molecular complexity index is 1060. The first-order chi connectivity index (χ1) is 15.0. The molecule has 0 radical (unpaired) electrons. The summed E-state index contributed by atoms with van der Waals surface area (Å²) in [7, 11) is 0. The Morgan fingerprint density at radius 3 is 2.58 bits per heavy atom. The van der Waals surface area contributed by atoms with E-state index in [1.54, 1.807) is 0 Å². The molecule has 0 aliphatic carbocycles. The Hall–Kier alpha value is -3.41. The predicted molar refractivity (Wildman–Crippen MR) is 118 cm³/mol. The van der Waals surface area contributed by atoms with Crippen LogP contribution in [0.5, 0.6) is 0 Å². The molecule has 31 heavy (non-hydrogen) atoms. The molecule has 0 saturated carbocycles. The Morgan fingerprint density at radius 1 is 1.13 bits per heavy atom. The Kier molecular flexibility index (Phi) is 6.16. The second-order valence-corrected chi connectivity index (χ2v) is 8.06. The van der Waals surface area contributed by atoms with Gasteiger partial charge in [-0.1, -0.05) is 53.7 Å². The SMILES string of the molecule is Cc1noc(C)c1CCC(=O)NC[C@@H](CN1Cc2ccccc2C1=O)c1ccccc1. The molecule has 160 valence electrons. The van der Waals surface area contributed by atoms with Crippen LogP contribution in [0.15, 0.2) is 59.1 Å². The minimum Gasteiger partial charge on any atom is -0.361 e. The van der Waals surface area contributed by atoms with Gasteiger partial charge in [-0.05, 0) is 37.5 Å². The molecular weight excluding hydrogens is 390 g/mol. The second kappa shape index (κ2) is 9.16. The maximum atomic E-state index is 12.8. The Labute approximate surface area is 182 Å². The lowest BCUT2D eigenvalue weighted by Gasteiger charge is -2.24. The van der Waals surface area contributed by atoms with Crippen LogP contribution in [-0.2, 0) is 17.8 Å². The van der Waals surface area contributed by atoms with Gasteiger partial charge in [0.05, 0.1) is 5.69 Å². The third-order valence-electron chi connectivity index (χ3n) is 5.94. The first-order valence-electron chi connectivity index (χ1n) is 10.6. The topological polar surface area (TPSA) is 75.4 Å². The summed E-state index contributed by atoms with van der Waals surface area (Å²) in [5, 5.41) is 7.01. The smallest absolute Gasteiger partial charge is 0.254 e. The maximum Gasteiger partial charge on any atom is 0.254 e. The third kappa shape index (κ3) is 4.68. The highest BCUT2D eigenvalue weighted by molar-refractivity contribution is 5.98. The molecule has 6 heteroatoms. The van der Waals surface area contributed by atoms with Gasteiger partial charge in [0.1, 0.15) is 5.76 Å². The van der Waals surface area contributed by atoms with E-state index < -0.39 is 0 Å². The number of amides is 2. The summed E-state index contributed by atoms with van der Waals surface area (Å²) in [6.45, 7) is 5.40. The number of nitrogens with zero attached hydrogens (tertiary/aromatic N) is 2. The Morgan fingerprint density at radius 2 is 1.87 bits per heavy atom. The molecule has 1 N–H and O–H groups in total. The van der Waals surface area contributed by atoms with Crippen molar-refractivity contribution in [2.75, 3.05) is 13.1 Å². The van der Waals surface area contributed by atoms with E-state index in [0.29, 0.717) is 32.5 Å². The van der Waals surface area contributed by atoms with Crippen molar-refractivity contribution >= 4 is 11.8 Å². The highest BCUT2D eigenvalue weighted by atomic mass is 16.5. The molecule has 1 atom stereocenters. The normalized spacial score (nSPS) is 13.9. The molecule has 0 unspecified atom stereocenters. The van der Waals surface area contributed by atoms with Crippen molar-refractivity contribution < 1.29 is 14.1 Å². The number of aryl methyl sites for hydroxylation is 2. The zero-order chi connectivity index (χ0) is 21.8. The molecular formula is C25H27N3O3. The van der Waals surface area contributed by atoms with Gasteiger partial charge in [0, 0.05) is 43.1 Å². The Balaban J connectivity index is 1.39. The number of fused-ring (bicyclic) bond motifs is 1. The summed E-state index contributed by atoms with van der Waals surface area (Å²) in [6, 6.07) is 17.8. The lowest BCUT2D eigenvalue weighted by atomic mass is 9.98. The van der Waals surface area contributed by atoms with E-state index in [4.69, 9.17) is 4.52 Å². The molecule has 1 aliphatic rings. The van der Waals surface area contributed by atoms with Crippen LogP contribution in [-0.4, -0.2) is 35.0 Å². The van der Waals surface area contributed by atoms with Crippen LogP contribution in [0.4, 0.5) is 0 Å². The molecule has 2 heterocycles. The number of hydrogen-bond acceptors (Lipinski definition) is 4. The minimum absolute atomic E-state index is 0.0162. The highest BCUT2D eigenvalue weighted by Crippen LogP contribution is 2.26. The summed E-state index contributed by atoms with van der Waals surface area (Å²) < 4.78 is 5.18. The highest BCUT2D eigenvalue weighted by Gasteiger charge is 2.29. The number of hydrogen-bond donors (Lipinski definition) is 1. The van der Waals surface area contributed by atoms with Crippen LogP contribution in [0.25, 0.3) is 0 Å². The summed E-state index contributed by atoms with van der Waals surface area (Å²) in [4.78, 5) is 27.2. The molecule has 0 saturated heterocycles. The van der Waals surface area contributed by atoms with Gasteiger partial charge in [-0.2, -0.15) is 0 Å². The molecule has 6 nitrogen and oxygen atoms in total. The van der Waals surface area contributed by atoms with Crippen molar-refractivity contribution in [3.63, 3.8) is 0 Å². The van der Waals surface area contributed by atoms with Crippen LogP contribution in [0.2, 0.25) is 0 Å². The first kappa shape index (κ1) is 20.8. The number of carbonyl (C=O) groups excluding carboxylic acids is 2. The van der Waals surface area contributed by atoms with Gasteiger partial charge in [-0.15, -0.1) is 0 Å². The van der Waals surface area contributed by atoms with Crippen molar-refractivity contribution in [1.29, 1.82) is 0 Å². The fraction of sp³-hybridized carbons (Fsp3) is 0.320. The molecule has 2 amide bonds. The number of benzene rings is 2.